The minimum atomic E-state index is -0.00939. The maximum atomic E-state index is 4.66. The number of pyridine rings is 1. The summed E-state index contributed by atoms with van der Waals surface area (Å²) in [7, 11) is 2.17. The second-order valence-corrected chi connectivity index (χ2v) is 7.39. The van der Waals surface area contributed by atoms with E-state index >= 15 is 0 Å². The van der Waals surface area contributed by atoms with Gasteiger partial charge in [-0.15, -0.1) is 24.0 Å². The molecule has 0 aliphatic carbocycles. The van der Waals surface area contributed by atoms with Gasteiger partial charge in [-0.25, -0.2) is 9.98 Å². The number of halogens is 1. The molecule has 0 unspecified atom stereocenters. The summed E-state index contributed by atoms with van der Waals surface area (Å²) in [6.45, 7) is 14.2. The SMILES string of the molecule is CCNC(=NCc1ccc(N2CCN(C)CC2)nc1)NC(C)(C)C.I. The third-order valence-corrected chi connectivity index (χ3v) is 3.89. The Morgan fingerprint density at radius 3 is 2.40 bits per heavy atom. The van der Waals surface area contributed by atoms with E-state index in [0.29, 0.717) is 6.54 Å². The zero-order valence-electron chi connectivity index (χ0n) is 16.2. The number of anilines is 1. The van der Waals surface area contributed by atoms with E-state index in [1.165, 1.54) is 0 Å². The van der Waals surface area contributed by atoms with Gasteiger partial charge in [-0.3, -0.25) is 0 Å². The van der Waals surface area contributed by atoms with Crippen molar-refractivity contribution in [2.24, 2.45) is 4.99 Å². The largest absolute Gasteiger partial charge is 0.357 e. The van der Waals surface area contributed by atoms with Gasteiger partial charge in [0.1, 0.15) is 5.82 Å². The Morgan fingerprint density at radius 2 is 1.88 bits per heavy atom. The quantitative estimate of drug-likeness (QED) is 0.411. The summed E-state index contributed by atoms with van der Waals surface area (Å²) in [6, 6.07) is 4.24. The van der Waals surface area contributed by atoms with Gasteiger partial charge in [-0.2, -0.15) is 0 Å². The van der Waals surface area contributed by atoms with Crippen molar-refractivity contribution in [2.75, 3.05) is 44.7 Å². The van der Waals surface area contributed by atoms with Crippen LogP contribution in [0.4, 0.5) is 5.82 Å². The van der Waals surface area contributed by atoms with Crippen LogP contribution in [-0.2, 0) is 6.54 Å². The summed E-state index contributed by atoms with van der Waals surface area (Å²) in [6.07, 6.45) is 1.94. The van der Waals surface area contributed by atoms with Crippen LogP contribution in [0.5, 0.6) is 0 Å². The number of aromatic nitrogens is 1. The highest BCUT2D eigenvalue weighted by Crippen LogP contribution is 2.14. The van der Waals surface area contributed by atoms with E-state index in [4.69, 9.17) is 0 Å². The number of guanidine groups is 1. The molecule has 25 heavy (non-hydrogen) atoms. The smallest absolute Gasteiger partial charge is 0.191 e. The molecule has 1 aliphatic heterocycles. The predicted molar refractivity (Wildman–Crippen MR) is 117 cm³/mol. The van der Waals surface area contributed by atoms with Crippen LogP contribution in [0.3, 0.4) is 0 Å². The van der Waals surface area contributed by atoms with Crippen molar-refractivity contribution in [3.05, 3.63) is 23.9 Å². The Morgan fingerprint density at radius 1 is 1.20 bits per heavy atom. The number of aliphatic imine (C=N–C) groups is 1. The monoisotopic (exact) mass is 460 g/mol. The minimum Gasteiger partial charge on any atom is -0.357 e. The molecule has 0 atom stereocenters. The number of nitrogens with zero attached hydrogens (tertiary/aromatic N) is 4. The van der Waals surface area contributed by atoms with E-state index in [-0.39, 0.29) is 29.5 Å². The van der Waals surface area contributed by atoms with Gasteiger partial charge in [0, 0.05) is 44.5 Å². The average Bonchev–Trinajstić information content (AvgIpc) is 2.53. The molecule has 2 rings (SSSR count). The summed E-state index contributed by atoms with van der Waals surface area (Å²) < 4.78 is 0. The van der Waals surface area contributed by atoms with Crippen molar-refractivity contribution in [3.63, 3.8) is 0 Å². The van der Waals surface area contributed by atoms with E-state index < -0.39 is 0 Å². The molecule has 1 saturated heterocycles. The Balaban J connectivity index is 0.00000312. The molecule has 6 nitrogen and oxygen atoms in total. The summed E-state index contributed by atoms with van der Waals surface area (Å²) in [4.78, 5) is 14.0. The first-order valence-electron chi connectivity index (χ1n) is 8.82. The Bertz CT molecular complexity index is 529. The zero-order valence-corrected chi connectivity index (χ0v) is 18.5. The molecule has 142 valence electrons. The lowest BCUT2D eigenvalue weighted by Crippen LogP contribution is -2.47. The standard InChI is InChI=1S/C18H32N6.HI/c1-6-19-17(22-18(2,3)4)21-14-15-7-8-16(20-13-15)24-11-9-23(5)10-12-24;/h7-8,13H,6,9-12,14H2,1-5H3,(H2,19,21,22);1H. The van der Waals surface area contributed by atoms with Crippen LogP contribution >= 0.6 is 24.0 Å². The van der Waals surface area contributed by atoms with Gasteiger partial charge in [-0.05, 0) is 46.4 Å². The zero-order chi connectivity index (χ0) is 17.6. The number of hydrogen-bond donors (Lipinski definition) is 2. The van der Waals surface area contributed by atoms with E-state index in [0.717, 1.165) is 50.1 Å². The molecule has 2 heterocycles. The van der Waals surface area contributed by atoms with E-state index in [9.17, 15) is 0 Å². The molecule has 1 aliphatic rings. The molecule has 1 aromatic rings. The number of likely N-dealkylation sites (N-methyl/N-ethyl adjacent to an activating group) is 1. The Kier molecular flexibility index (Phi) is 8.92. The summed E-state index contributed by atoms with van der Waals surface area (Å²) in [5, 5.41) is 6.68. The van der Waals surface area contributed by atoms with Crippen molar-refractivity contribution in [2.45, 2.75) is 39.8 Å². The minimum absolute atomic E-state index is 0. The van der Waals surface area contributed by atoms with Crippen LogP contribution in [0, 0.1) is 0 Å². The summed E-state index contributed by atoms with van der Waals surface area (Å²) in [5.41, 5.74) is 1.11. The molecule has 0 bridgehead atoms. The van der Waals surface area contributed by atoms with Crippen LogP contribution in [0.15, 0.2) is 23.3 Å². The molecule has 0 spiro atoms. The second kappa shape index (κ2) is 10.2. The van der Waals surface area contributed by atoms with E-state index in [1.807, 2.05) is 6.20 Å². The first-order chi connectivity index (χ1) is 11.4. The first-order valence-corrected chi connectivity index (χ1v) is 8.82. The molecular formula is C18H33IN6. The fraction of sp³-hybridized carbons (Fsp3) is 0.667. The highest BCUT2D eigenvalue weighted by molar-refractivity contribution is 14.0. The van der Waals surface area contributed by atoms with Crippen molar-refractivity contribution in [1.82, 2.24) is 20.5 Å². The highest BCUT2D eigenvalue weighted by Gasteiger charge is 2.15. The fourth-order valence-corrected chi connectivity index (χ4v) is 2.57. The number of nitrogens with one attached hydrogen (secondary N) is 2. The van der Waals surface area contributed by atoms with Crippen LogP contribution < -0.4 is 15.5 Å². The fourth-order valence-electron chi connectivity index (χ4n) is 2.57. The van der Waals surface area contributed by atoms with E-state index in [2.05, 4.69) is 77.3 Å². The Labute approximate surface area is 169 Å². The van der Waals surface area contributed by atoms with Gasteiger partial charge in [0.2, 0.25) is 0 Å². The average molecular weight is 460 g/mol. The molecule has 0 radical (unpaired) electrons. The maximum absolute atomic E-state index is 4.66. The van der Waals surface area contributed by atoms with Crippen molar-refractivity contribution >= 4 is 35.8 Å². The van der Waals surface area contributed by atoms with Crippen LogP contribution in [-0.4, -0.2) is 61.2 Å². The van der Waals surface area contributed by atoms with Crippen LogP contribution in [0.1, 0.15) is 33.3 Å². The van der Waals surface area contributed by atoms with Crippen molar-refractivity contribution in [1.29, 1.82) is 0 Å². The number of rotatable bonds is 4. The lowest BCUT2D eigenvalue weighted by molar-refractivity contribution is 0.312. The van der Waals surface area contributed by atoms with Crippen LogP contribution in [0.25, 0.3) is 0 Å². The topological polar surface area (TPSA) is 55.8 Å². The molecule has 0 amide bonds. The van der Waals surface area contributed by atoms with Gasteiger partial charge in [0.15, 0.2) is 5.96 Å². The normalized spacial score (nSPS) is 16.4. The number of piperazine rings is 1. The molecular weight excluding hydrogens is 427 g/mol. The third-order valence-electron chi connectivity index (χ3n) is 3.89. The molecule has 1 fully saturated rings. The van der Waals surface area contributed by atoms with Crippen LogP contribution in [0.2, 0.25) is 0 Å². The van der Waals surface area contributed by atoms with Gasteiger partial charge in [0.25, 0.3) is 0 Å². The molecule has 2 N–H and O–H groups in total. The van der Waals surface area contributed by atoms with Gasteiger partial charge in [-0.1, -0.05) is 6.07 Å². The lowest BCUT2D eigenvalue weighted by atomic mass is 10.1. The first kappa shape index (κ1) is 22.0. The lowest BCUT2D eigenvalue weighted by Gasteiger charge is -2.33. The summed E-state index contributed by atoms with van der Waals surface area (Å²) in [5.74, 6) is 1.91. The molecule has 0 aromatic carbocycles. The van der Waals surface area contributed by atoms with Gasteiger partial charge >= 0.3 is 0 Å². The van der Waals surface area contributed by atoms with Crippen molar-refractivity contribution < 1.29 is 0 Å². The predicted octanol–water partition coefficient (Wildman–Crippen LogP) is 2.31. The second-order valence-electron chi connectivity index (χ2n) is 7.39. The van der Waals surface area contributed by atoms with Gasteiger partial charge < -0.3 is 20.4 Å². The molecule has 0 saturated carbocycles. The number of hydrogen-bond acceptors (Lipinski definition) is 4. The molecule has 7 heteroatoms. The third kappa shape index (κ3) is 7.77. The van der Waals surface area contributed by atoms with E-state index in [1.54, 1.807) is 0 Å². The summed E-state index contributed by atoms with van der Waals surface area (Å²) >= 11 is 0. The van der Waals surface area contributed by atoms with Crippen molar-refractivity contribution in [3.8, 4) is 0 Å². The Hall–Kier alpha value is -1.09. The highest BCUT2D eigenvalue weighted by atomic mass is 127. The van der Waals surface area contributed by atoms with Gasteiger partial charge in [0.05, 0.1) is 6.54 Å². The molecule has 1 aromatic heterocycles. The maximum Gasteiger partial charge on any atom is 0.191 e.